The summed E-state index contributed by atoms with van der Waals surface area (Å²) in [6, 6.07) is 0. The van der Waals surface area contributed by atoms with Gasteiger partial charge < -0.3 is 9.84 Å². The van der Waals surface area contributed by atoms with Gasteiger partial charge in [-0.05, 0) is 5.92 Å². The highest BCUT2D eigenvalue weighted by Crippen LogP contribution is 2.30. The molecule has 72 valence electrons. The van der Waals surface area contributed by atoms with Crippen LogP contribution in [0.2, 0.25) is 0 Å². The zero-order valence-corrected chi connectivity index (χ0v) is 8.26. The SMILES string of the molecule is COC(=O)CC(C)(CO)C(C)C. The van der Waals surface area contributed by atoms with Crippen molar-refractivity contribution in [1.29, 1.82) is 0 Å². The van der Waals surface area contributed by atoms with Gasteiger partial charge in [0.2, 0.25) is 0 Å². The molecule has 0 amide bonds. The standard InChI is InChI=1S/C9H18O3/c1-7(2)9(3,6-10)5-8(11)12-4/h7,10H,5-6H2,1-4H3. The van der Waals surface area contributed by atoms with Gasteiger partial charge in [0.15, 0.2) is 0 Å². The first-order chi connectivity index (χ1) is 5.46. The number of esters is 1. The van der Waals surface area contributed by atoms with Crippen molar-refractivity contribution in [2.75, 3.05) is 13.7 Å². The summed E-state index contributed by atoms with van der Waals surface area (Å²) >= 11 is 0. The van der Waals surface area contributed by atoms with E-state index in [0.717, 1.165) is 0 Å². The number of hydrogen-bond acceptors (Lipinski definition) is 3. The zero-order valence-electron chi connectivity index (χ0n) is 8.26. The third kappa shape index (κ3) is 2.81. The first-order valence-corrected chi connectivity index (χ1v) is 4.14. The number of carbonyl (C=O) groups is 1. The Kier molecular flexibility index (Phi) is 4.24. The minimum atomic E-state index is -0.354. The Morgan fingerprint density at radius 2 is 2.08 bits per heavy atom. The average molecular weight is 174 g/mol. The topological polar surface area (TPSA) is 46.5 Å². The van der Waals surface area contributed by atoms with Crippen molar-refractivity contribution in [2.24, 2.45) is 11.3 Å². The second-order valence-corrected chi connectivity index (χ2v) is 3.72. The molecule has 3 heteroatoms. The van der Waals surface area contributed by atoms with E-state index < -0.39 is 0 Å². The fourth-order valence-electron chi connectivity index (χ4n) is 0.845. The highest BCUT2D eigenvalue weighted by Gasteiger charge is 2.30. The number of carbonyl (C=O) groups excluding carboxylic acids is 1. The molecule has 12 heavy (non-hydrogen) atoms. The highest BCUT2D eigenvalue weighted by molar-refractivity contribution is 5.70. The van der Waals surface area contributed by atoms with Gasteiger partial charge in [-0.2, -0.15) is 0 Å². The fraction of sp³-hybridized carbons (Fsp3) is 0.889. The van der Waals surface area contributed by atoms with Gasteiger partial charge in [0.1, 0.15) is 0 Å². The number of aliphatic hydroxyl groups is 1. The third-order valence-electron chi connectivity index (χ3n) is 2.53. The first-order valence-electron chi connectivity index (χ1n) is 4.14. The Morgan fingerprint density at radius 1 is 1.58 bits per heavy atom. The van der Waals surface area contributed by atoms with Crippen LogP contribution in [0.25, 0.3) is 0 Å². The average Bonchev–Trinajstić information content (AvgIpc) is 2.03. The maximum atomic E-state index is 11.0. The molecule has 0 aromatic heterocycles. The third-order valence-corrected chi connectivity index (χ3v) is 2.53. The summed E-state index contributed by atoms with van der Waals surface area (Å²) in [6.45, 7) is 5.87. The van der Waals surface area contributed by atoms with Gasteiger partial charge in [-0.3, -0.25) is 4.79 Å². The summed E-state index contributed by atoms with van der Waals surface area (Å²) in [5.41, 5.74) is -0.354. The van der Waals surface area contributed by atoms with Crippen LogP contribution in [0.5, 0.6) is 0 Å². The van der Waals surface area contributed by atoms with Crippen LogP contribution < -0.4 is 0 Å². The molecule has 1 N–H and O–H groups in total. The molecule has 0 radical (unpaired) electrons. The minimum absolute atomic E-state index is 0.0137. The lowest BCUT2D eigenvalue weighted by atomic mass is 9.77. The molecule has 0 saturated heterocycles. The van der Waals surface area contributed by atoms with Crippen LogP contribution in [0.1, 0.15) is 27.2 Å². The van der Waals surface area contributed by atoms with Crippen LogP contribution in [0.4, 0.5) is 0 Å². The molecule has 0 aliphatic carbocycles. The maximum absolute atomic E-state index is 11.0. The van der Waals surface area contributed by atoms with Gasteiger partial charge in [0, 0.05) is 12.0 Å². The summed E-state index contributed by atoms with van der Waals surface area (Å²) in [7, 11) is 1.36. The van der Waals surface area contributed by atoms with Crippen molar-refractivity contribution in [1.82, 2.24) is 0 Å². The molecule has 0 rings (SSSR count). The summed E-state index contributed by atoms with van der Waals surface area (Å²) in [6.07, 6.45) is 0.275. The lowest BCUT2D eigenvalue weighted by Crippen LogP contribution is -2.31. The minimum Gasteiger partial charge on any atom is -0.469 e. The molecule has 1 unspecified atom stereocenters. The molecule has 0 spiro atoms. The maximum Gasteiger partial charge on any atom is 0.306 e. The number of rotatable bonds is 4. The molecule has 0 aliphatic rings. The van der Waals surface area contributed by atoms with Crippen LogP contribution >= 0.6 is 0 Å². The van der Waals surface area contributed by atoms with E-state index in [2.05, 4.69) is 4.74 Å². The lowest BCUT2D eigenvalue weighted by molar-refractivity contribution is -0.144. The van der Waals surface area contributed by atoms with E-state index in [1.54, 1.807) is 0 Å². The Bertz CT molecular complexity index is 154. The molecule has 0 heterocycles. The van der Waals surface area contributed by atoms with Gasteiger partial charge in [0.05, 0.1) is 13.5 Å². The number of methoxy groups -OCH3 is 1. The van der Waals surface area contributed by atoms with E-state index in [-0.39, 0.29) is 30.3 Å². The van der Waals surface area contributed by atoms with Crippen LogP contribution in [0.15, 0.2) is 0 Å². The van der Waals surface area contributed by atoms with Gasteiger partial charge in [0.25, 0.3) is 0 Å². The van der Waals surface area contributed by atoms with Crippen molar-refractivity contribution < 1.29 is 14.6 Å². The fourth-order valence-corrected chi connectivity index (χ4v) is 0.845. The second-order valence-electron chi connectivity index (χ2n) is 3.72. The summed E-state index contributed by atoms with van der Waals surface area (Å²) in [5.74, 6) is 0.00171. The van der Waals surface area contributed by atoms with Crippen molar-refractivity contribution in [3.05, 3.63) is 0 Å². The normalized spacial score (nSPS) is 15.8. The summed E-state index contributed by atoms with van der Waals surface area (Å²) in [5, 5.41) is 9.09. The number of hydrogen-bond donors (Lipinski definition) is 1. The smallest absolute Gasteiger partial charge is 0.306 e. The van der Waals surface area contributed by atoms with Crippen LogP contribution in [-0.4, -0.2) is 24.8 Å². The molecular weight excluding hydrogens is 156 g/mol. The van der Waals surface area contributed by atoms with Gasteiger partial charge in [-0.15, -0.1) is 0 Å². The molecule has 1 atom stereocenters. The first kappa shape index (κ1) is 11.4. The van der Waals surface area contributed by atoms with E-state index in [9.17, 15) is 4.79 Å². The Balaban J connectivity index is 4.23. The molecule has 3 nitrogen and oxygen atoms in total. The summed E-state index contributed by atoms with van der Waals surface area (Å²) < 4.78 is 4.55. The van der Waals surface area contributed by atoms with Crippen LogP contribution in [0, 0.1) is 11.3 Å². The lowest BCUT2D eigenvalue weighted by Gasteiger charge is -2.30. The Labute approximate surface area is 73.7 Å². The molecule has 0 aliphatic heterocycles. The molecule has 0 bridgehead atoms. The number of ether oxygens (including phenoxy) is 1. The Hall–Kier alpha value is -0.570. The van der Waals surface area contributed by atoms with Crippen LogP contribution in [0.3, 0.4) is 0 Å². The van der Waals surface area contributed by atoms with E-state index in [1.807, 2.05) is 20.8 Å². The van der Waals surface area contributed by atoms with Crippen molar-refractivity contribution in [2.45, 2.75) is 27.2 Å². The summed E-state index contributed by atoms with van der Waals surface area (Å²) in [4.78, 5) is 11.0. The van der Waals surface area contributed by atoms with E-state index >= 15 is 0 Å². The van der Waals surface area contributed by atoms with E-state index in [0.29, 0.717) is 0 Å². The van der Waals surface area contributed by atoms with Gasteiger partial charge in [-0.1, -0.05) is 20.8 Å². The molecule has 0 fully saturated rings. The molecular formula is C9H18O3. The zero-order chi connectivity index (χ0) is 9.78. The molecule has 0 saturated carbocycles. The van der Waals surface area contributed by atoms with Crippen molar-refractivity contribution in [3.8, 4) is 0 Å². The highest BCUT2D eigenvalue weighted by atomic mass is 16.5. The number of aliphatic hydroxyl groups excluding tert-OH is 1. The monoisotopic (exact) mass is 174 g/mol. The van der Waals surface area contributed by atoms with Crippen LogP contribution in [-0.2, 0) is 9.53 Å². The quantitative estimate of drug-likeness (QED) is 0.651. The van der Waals surface area contributed by atoms with Crippen molar-refractivity contribution >= 4 is 5.97 Å². The molecule has 0 aromatic carbocycles. The molecule has 0 aromatic rings. The second kappa shape index (κ2) is 4.45. The largest absolute Gasteiger partial charge is 0.469 e. The van der Waals surface area contributed by atoms with Gasteiger partial charge in [-0.25, -0.2) is 0 Å². The Morgan fingerprint density at radius 3 is 2.33 bits per heavy atom. The predicted molar refractivity (Wildman–Crippen MR) is 46.7 cm³/mol. The van der Waals surface area contributed by atoms with Gasteiger partial charge >= 0.3 is 5.97 Å². The van der Waals surface area contributed by atoms with Crippen molar-refractivity contribution in [3.63, 3.8) is 0 Å². The van der Waals surface area contributed by atoms with E-state index in [4.69, 9.17) is 5.11 Å². The predicted octanol–water partition coefficient (Wildman–Crippen LogP) is 1.20. The van der Waals surface area contributed by atoms with E-state index in [1.165, 1.54) is 7.11 Å².